The number of hydrogen-bond donors (Lipinski definition) is 1. The van der Waals surface area contributed by atoms with Gasteiger partial charge < -0.3 is 10.2 Å². The molecule has 2 aromatic rings. The van der Waals surface area contributed by atoms with Gasteiger partial charge in [-0.25, -0.2) is 14.4 Å². The molecule has 0 spiro atoms. The molecule has 2 aliphatic heterocycles. The summed E-state index contributed by atoms with van der Waals surface area (Å²) >= 11 is 0. The van der Waals surface area contributed by atoms with Crippen LogP contribution in [0.4, 0.5) is 4.39 Å². The number of nitrogens with one attached hydrogen (secondary N) is 1. The Morgan fingerprint density at radius 1 is 1.31 bits per heavy atom. The first kappa shape index (κ1) is 19.5. The first-order valence-electron chi connectivity index (χ1n) is 10.2. The molecule has 3 heterocycles. The molecular formula is C22H25FN4O2. The van der Waals surface area contributed by atoms with Crippen LogP contribution in [0.15, 0.2) is 36.5 Å². The van der Waals surface area contributed by atoms with E-state index in [-0.39, 0.29) is 35.8 Å². The number of rotatable bonds is 3. The zero-order valence-electron chi connectivity index (χ0n) is 16.5. The van der Waals surface area contributed by atoms with E-state index in [0.717, 1.165) is 24.8 Å². The molecule has 1 aromatic heterocycles. The van der Waals surface area contributed by atoms with Gasteiger partial charge in [0.25, 0.3) is 5.91 Å². The summed E-state index contributed by atoms with van der Waals surface area (Å²) in [5.74, 6) is 0.138. The fourth-order valence-corrected chi connectivity index (χ4v) is 4.58. The van der Waals surface area contributed by atoms with Crippen LogP contribution in [0.2, 0.25) is 0 Å². The molecule has 0 aliphatic carbocycles. The SMILES string of the molecule is Cc1nccc(C(=O)N2[C@H](Cc3cccc(F)c3)C[C@@H]3NC(=O)CCCC[C@H]32)n1. The minimum atomic E-state index is -0.288. The van der Waals surface area contributed by atoms with Crippen molar-refractivity contribution in [2.24, 2.45) is 0 Å². The molecule has 29 heavy (non-hydrogen) atoms. The molecule has 2 aliphatic rings. The van der Waals surface area contributed by atoms with Crippen LogP contribution in [0.5, 0.6) is 0 Å². The van der Waals surface area contributed by atoms with Gasteiger partial charge in [0, 0.05) is 18.7 Å². The van der Waals surface area contributed by atoms with E-state index in [1.807, 2.05) is 11.0 Å². The highest BCUT2D eigenvalue weighted by Crippen LogP contribution is 2.33. The smallest absolute Gasteiger partial charge is 0.273 e. The van der Waals surface area contributed by atoms with E-state index in [4.69, 9.17) is 0 Å². The zero-order chi connectivity index (χ0) is 20.4. The molecule has 152 valence electrons. The van der Waals surface area contributed by atoms with Gasteiger partial charge in [0.05, 0.1) is 12.1 Å². The average molecular weight is 396 g/mol. The molecule has 0 bridgehead atoms. The molecule has 1 N–H and O–H groups in total. The summed E-state index contributed by atoms with van der Waals surface area (Å²) in [6, 6.07) is 7.81. The van der Waals surface area contributed by atoms with Gasteiger partial charge >= 0.3 is 0 Å². The Morgan fingerprint density at radius 2 is 2.17 bits per heavy atom. The van der Waals surface area contributed by atoms with Gasteiger partial charge in [-0.2, -0.15) is 0 Å². The first-order valence-corrected chi connectivity index (χ1v) is 10.2. The van der Waals surface area contributed by atoms with Gasteiger partial charge in [0.1, 0.15) is 17.3 Å². The third-order valence-electron chi connectivity index (χ3n) is 5.83. The van der Waals surface area contributed by atoms with Crippen molar-refractivity contribution < 1.29 is 14.0 Å². The molecule has 7 heteroatoms. The van der Waals surface area contributed by atoms with Crippen molar-refractivity contribution in [3.05, 3.63) is 59.4 Å². The summed E-state index contributed by atoms with van der Waals surface area (Å²) in [7, 11) is 0. The minimum Gasteiger partial charge on any atom is -0.351 e. The third kappa shape index (κ3) is 4.28. The van der Waals surface area contributed by atoms with Crippen LogP contribution in [0.1, 0.15) is 54.0 Å². The lowest BCUT2D eigenvalue weighted by Crippen LogP contribution is -2.49. The predicted octanol–water partition coefficient (Wildman–Crippen LogP) is 2.81. The van der Waals surface area contributed by atoms with E-state index in [1.165, 1.54) is 12.1 Å². The Hall–Kier alpha value is -2.83. The van der Waals surface area contributed by atoms with Crippen LogP contribution in [0.3, 0.4) is 0 Å². The largest absolute Gasteiger partial charge is 0.351 e. The topological polar surface area (TPSA) is 75.2 Å². The molecule has 2 saturated heterocycles. The number of aryl methyl sites for hydroxylation is 1. The highest BCUT2D eigenvalue weighted by molar-refractivity contribution is 5.93. The maximum Gasteiger partial charge on any atom is 0.273 e. The number of carbonyl (C=O) groups is 2. The molecule has 3 atom stereocenters. The van der Waals surface area contributed by atoms with Crippen LogP contribution < -0.4 is 5.32 Å². The molecule has 2 amide bonds. The van der Waals surface area contributed by atoms with Crippen LogP contribution in [0.25, 0.3) is 0 Å². The Labute approximate surface area is 169 Å². The van der Waals surface area contributed by atoms with Crippen molar-refractivity contribution in [3.8, 4) is 0 Å². The summed E-state index contributed by atoms with van der Waals surface area (Å²) in [5.41, 5.74) is 1.20. The Balaban J connectivity index is 1.66. The van der Waals surface area contributed by atoms with Crippen LogP contribution in [-0.2, 0) is 11.2 Å². The number of aromatic nitrogens is 2. The van der Waals surface area contributed by atoms with Gasteiger partial charge in [-0.3, -0.25) is 9.59 Å². The fraction of sp³-hybridized carbons (Fsp3) is 0.455. The summed E-state index contributed by atoms with van der Waals surface area (Å²) < 4.78 is 13.7. The molecule has 0 radical (unpaired) electrons. The van der Waals surface area contributed by atoms with E-state index < -0.39 is 0 Å². The summed E-state index contributed by atoms with van der Waals surface area (Å²) in [5, 5.41) is 3.12. The molecule has 1 aromatic carbocycles. The van der Waals surface area contributed by atoms with Crippen LogP contribution in [-0.4, -0.2) is 44.8 Å². The number of amides is 2. The van der Waals surface area contributed by atoms with E-state index in [2.05, 4.69) is 15.3 Å². The molecule has 6 nitrogen and oxygen atoms in total. The second-order valence-corrected chi connectivity index (χ2v) is 7.91. The van der Waals surface area contributed by atoms with Crippen molar-refractivity contribution in [2.45, 2.75) is 63.6 Å². The van der Waals surface area contributed by atoms with Gasteiger partial charge in [-0.05, 0) is 56.4 Å². The van der Waals surface area contributed by atoms with Crippen LogP contribution in [0, 0.1) is 12.7 Å². The second kappa shape index (κ2) is 8.27. The molecule has 2 fully saturated rings. The second-order valence-electron chi connectivity index (χ2n) is 7.91. The summed E-state index contributed by atoms with van der Waals surface area (Å²) in [6.07, 6.45) is 5.85. The number of carbonyl (C=O) groups excluding carboxylic acids is 2. The van der Waals surface area contributed by atoms with Gasteiger partial charge in [-0.1, -0.05) is 18.6 Å². The minimum absolute atomic E-state index is 0.0383. The number of halogens is 1. The van der Waals surface area contributed by atoms with Crippen molar-refractivity contribution in [1.29, 1.82) is 0 Å². The number of likely N-dealkylation sites (tertiary alicyclic amines) is 1. The number of benzene rings is 1. The molecular weight excluding hydrogens is 371 g/mol. The van der Waals surface area contributed by atoms with Crippen molar-refractivity contribution >= 4 is 11.8 Å². The highest BCUT2D eigenvalue weighted by Gasteiger charge is 2.45. The lowest BCUT2D eigenvalue weighted by Gasteiger charge is -2.33. The lowest BCUT2D eigenvalue weighted by atomic mass is 9.97. The molecule has 0 saturated carbocycles. The van der Waals surface area contributed by atoms with E-state index in [0.29, 0.717) is 30.8 Å². The quantitative estimate of drug-likeness (QED) is 0.866. The number of hydrogen-bond acceptors (Lipinski definition) is 4. The maximum absolute atomic E-state index is 13.7. The molecule has 4 rings (SSSR count). The third-order valence-corrected chi connectivity index (χ3v) is 5.83. The monoisotopic (exact) mass is 396 g/mol. The van der Waals surface area contributed by atoms with Crippen molar-refractivity contribution in [2.75, 3.05) is 0 Å². The van der Waals surface area contributed by atoms with Crippen LogP contribution >= 0.6 is 0 Å². The Kier molecular flexibility index (Phi) is 5.56. The summed E-state index contributed by atoms with van der Waals surface area (Å²) in [4.78, 5) is 35.9. The van der Waals surface area contributed by atoms with Gasteiger partial charge in [-0.15, -0.1) is 0 Å². The van der Waals surface area contributed by atoms with E-state index >= 15 is 0 Å². The van der Waals surface area contributed by atoms with Gasteiger partial charge in [0.15, 0.2) is 0 Å². The van der Waals surface area contributed by atoms with E-state index in [1.54, 1.807) is 25.3 Å². The standard InChI is InChI=1S/C22H25FN4O2/c1-14-24-10-9-18(25-14)22(29)27-17(12-15-5-4-6-16(23)11-15)13-19-20(27)7-2-3-8-21(28)26-19/h4-6,9-11,17,19-20H,2-3,7-8,12-13H2,1H3,(H,26,28)/t17-,19+,20-/m1/s1. The first-order chi connectivity index (χ1) is 14.0. The zero-order valence-corrected chi connectivity index (χ0v) is 16.5. The molecule has 0 unspecified atom stereocenters. The van der Waals surface area contributed by atoms with Gasteiger partial charge in [0.2, 0.25) is 5.91 Å². The average Bonchev–Trinajstić information content (AvgIpc) is 2.99. The predicted molar refractivity (Wildman–Crippen MR) is 106 cm³/mol. The van der Waals surface area contributed by atoms with Crippen molar-refractivity contribution in [1.82, 2.24) is 20.2 Å². The Bertz CT molecular complexity index is 919. The van der Waals surface area contributed by atoms with Crippen molar-refractivity contribution in [3.63, 3.8) is 0 Å². The summed E-state index contributed by atoms with van der Waals surface area (Å²) in [6.45, 7) is 1.75. The lowest BCUT2D eigenvalue weighted by molar-refractivity contribution is -0.122. The Morgan fingerprint density at radius 3 is 2.97 bits per heavy atom. The number of nitrogens with zero attached hydrogens (tertiary/aromatic N) is 3. The highest BCUT2D eigenvalue weighted by atomic mass is 19.1. The normalized spacial score (nSPS) is 24.4. The van der Waals surface area contributed by atoms with E-state index in [9.17, 15) is 14.0 Å². The number of fused-ring (bicyclic) bond motifs is 1. The fourth-order valence-electron chi connectivity index (χ4n) is 4.58. The maximum atomic E-state index is 13.7.